The molecule has 1 rings (SSSR count). The number of hydrogen-bond donors (Lipinski definition) is 0. The van der Waals surface area contributed by atoms with E-state index in [9.17, 15) is 4.79 Å². The molecule has 0 saturated heterocycles. The molecule has 3 nitrogen and oxygen atoms in total. The number of rotatable bonds is 7. The van der Waals surface area contributed by atoms with Crippen LogP contribution in [0, 0.1) is 5.92 Å². The minimum Gasteiger partial charge on any atom is -0.497 e. The van der Waals surface area contributed by atoms with E-state index >= 15 is 0 Å². The molecule has 0 radical (unpaired) electrons. The third-order valence-corrected chi connectivity index (χ3v) is 2.46. The molecule has 0 spiro atoms. The van der Waals surface area contributed by atoms with E-state index in [-0.39, 0.29) is 12.4 Å². The average Bonchev–Trinajstić information content (AvgIpc) is 2.34. The average molecular weight is 236 g/mol. The maximum Gasteiger partial charge on any atom is 0.170 e. The van der Waals surface area contributed by atoms with Gasteiger partial charge in [0, 0.05) is 6.42 Å². The van der Waals surface area contributed by atoms with Crippen LogP contribution >= 0.6 is 0 Å². The van der Waals surface area contributed by atoms with Crippen molar-refractivity contribution in [3.63, 3.8) is 0 Å². The molecule has 0 unspecified atom stereocenters. The lowest BCUT2D eigenvalue weighted by molar-refractivity contribution is -0.121. The minimum atomic E-state index is 0.148. The fraction of sp³-hybridized carbons (Fsp3) is 0.500. The number of ether oxygens (including phenoxy) is 2. The van der Waals surface area contributed by atoms with Crippen molar-refractivity contribution >= 4 is 5.78 Å². The lowest BCUT2D eigenvalue weighted by Gasteiger charge is -2.07. The van der Waals surface area contributed by atoms with Crippen molar-refractivity contribution in [2.75, 3.05) is 13.7 Å². The SMILES string of the molecule is COc1ccc(OCC(=O)CCC(C)C)cc1. The molecule has 1 aromatic rings. The fourth-order valence-corrected chi connectivity index (χ4v) is 1.36. The van der Waals surface area contributed by atoms with E-state index < -0.39 is 0 Å². The summed E-state index contributed by atoms with van der Waals surface area (Å²) in [6.45, 7) is 4.37. The predicted molar refractivity (Wildman–Crippen MR) is 67.6 cm³/mol. The van der Waals surface area contributed by atoms with Crippen LogP contribution in [-0.2, 0) is 4.79 Å². The molecule has 0 aliphatic rings. The van der Waals surface area contributed by atoms with Gasteiger partial charge < -0.3 is 9.47 Å². The molecule has 3 heteroatoms. The third-order valence-electron chi connectivity index (χ3n) is 2.46. The van der Waals surface area contributed by atoms with Crippen LogP contribution in [0.25, 0.3) is 0 Å². The van der Waals surface area contributed by atoms with Gasteiger partial charge in [0.15, 0.2) is 5.78 Å². The van der Waals surface area contributed by atoms with Gasteiger partial charge >= 0.3 is 0 Å². The van der Waals surface area contributed by atoms with E-state index in [1.807, 2.05) is 12.1 Å². The Kier molecular flexibility index (Phi) is 5.53. The number of carbonyl (C=O) groups excluding carboxylic acids is 1. The first-order valence-corrected chi connectivity index (χ1v) is 5.90. The van der Waals surface area contributed by atoms with Gasteiger partial charge in [-0.15, -0.1) is 0 Å². The summed E-state index contributed by atoms with van der Waals surface area (Å²) in [7, 11) is 1.62. The molecule has 0 aliphatic heterocycles. The van der Waals surface area contributed by atoms with Crippen LogP contribution in [0.4, 0.5) is 0 Å². The lowest BCUT2D eigenvalue weighted by atomic mass is 10.1. The third kappa shape index (κ3) is 5.38. The van der Waals surface area contributed by atoms with Gasteiger partial charge in [0.25, 0.3) is 0 Å². The Morgan fingerprint density at radius 3 is 2.29 bits per heavy atom. The Bertz CT molecular complexity index is 341. The number of carbonyl (C=O) groups is 1. The van der Waals surface area contributed by atoms with Crippen LogP contribution in [0.3, 0.4) is 0 Å². The number of Topliss-reactive ketones (excluding diaryl/α,β-unsaturated/α-hetero) is 1. The molecule has 0 aliphatic carbocycles. The number of ketones is 1. The van der Waals surface area contributed by atoms with E-state index in [0.717, 1.165) is 12.2 Å². The van der Waals surface area contributed by atoms with Gasteiger partial charge in [-0.25, -0.2) is 0 Å². The standard InChI is InChI=1S/C14H20O3/c1-11(2)4-5-12(15)10-17-14-8-6-13(16-3)7-9-14/h6-9,11H,4-5,10H2,1-3H3. The van der Waals surface area contributed by atoms with Gasteiger partial charge in [0.2, 0.25) is 0 Å². The highest BCUT2D eigenvalue weighted by Crippen LogP contribution is 2.17. The lowest BCUT2D eigenvalue weighted by Crippen LogP contribution is -2.11. The molecule has 0 bridgehead atoms. The van der Waals surface area contributed by atoms with Crippen LogP contribution in [0.5, 0.6) is 11.5 Å². The Hall–Kier alpha value is -1.51. The van der Waals surface area contributed by atoms with Crippen LogP contribution in [0.15, 0.2) is 24.3 Å². The zero-order chi connectivity index (χ0) is 12.7. The van der Waals surface area contributed by atoms with Crippen molar-refractivity contribution in [2.45, 2.75) is 26.7 Å². The van der Waals surface area contributed by atoms with E-state index in [0.29, 0.717) is 18.1 Å². The molecule has 0 saturated carbocycles. The minimum absolute atomic E-state index is 0.148. The molecule has 0 amide bonds. The molecule has 0 aromatic heterocycles. The Morgan fingerprint density at radius 2 is 1.76 bits per heavy atom. The van der Waals surface area contributed by atoms with E-state index in [1.54, 1.807) is 19.2 Å². The quantitative estimate of drug-likeness (QED) is 0.729. The summed E-state index contributed by atoms with van der Waals surface area (Å²) in [6.07, 6.45) is 1.51. The molecule has 0 fully saturated rings. The smallest absolute Gasteiger partial charge is 0.170 e. The maximum absolute atomic E-state index is 11.5. The molecule has 0 atom stereocenters. The Labute approximate surface area is 103 Å². The van der Waals surface area contributed by atoms with Crippen molar-refractivity contribution < 1.29 is 14.3 Å². The molecule has 0 heterocycles. The molecule has 1 aromatic carbocycles. The Balaban J connectivity index is 2.31. The summed E-state index contributed by atoms with van der Waals surface area (Å²) < 4.78 is 10.4. The maximum atomic E-state index is 11.5. The largest absolute Gasteiger partial charge is 0.497 e. The van der Waals surface area contributed by atoms with Crippen molar-refractivity contribution in [1.29, 1.82) is 0 Å². The first kappa shape index (κ1) is 13.6. The molecule has 0 N–H and O–H groups in total. The van der Waals surface area contributed by atoms with Gasteiger partial charge in [-0.2, -0.15) is 0 Å². The van der Waals surface area contributed by atoms with Crippen molar-refractivity contribution in [2.24, 2.45) is 5.92 Å². The summed E-state index contributed by atoms with van der Waals surface area (Å²) >= 11 is 0. The van der Waals surface area contributed by atoms with Gasteiger partial charge in [-0.1, -0.05) is 13.8 Å². The second-order valence-electron chi connectivity index (χ2n) is 4.44. The van der Waals surface area contributed by atoms with Crippen molar-refractivity contribution in [3.05, 3.63) is 24.3 Å². The van der Waals surface area contributed by atoms with Crippen LogP contribution in [0.2, 0.25) is 0 Å². The molecule has 17 heavy (non-hydrogen) atoms. The van der Waals surface area contributed by atoms with Gasteiger partial charge in [0.05, 0.1) is 7.11 Å². The molecule has 94 valence electrons. The molecular formula is C14H20O3. The summed E-state index contributed by atoms with van der Waals surface area (Å²) in [6, 6.07) is 7.23. The van der Waals surface area contributed by atoms with E-state index in [1.165, 1.54) is 0 Å². The molecular weight excluding hydrogens is 216 g/mol. The zero-order valence-electron chi connectivity index (χ0n) is 10.7. The second kappa shape index (κ2) is 6.94. The highest BCUT2D eigenvalue weighted by atomic mass is 16.5. The van der Waals surface area contributed by atoms with E-state index in [4.69, 9.17) is 9.47 Å². The zero-order valence-corrected chi connectivity index (χ0v) is 10.7. The van der Waals surface area contributed by atoms with E-state index in [2.05, 4.69) is 13.8 Å². The summed E-state index contributed by atoms with van der Waals surface area (Å²) in [5, 5.41) is 0. The number of methoxy groups -OCH3 is 1. The second-order valence-corrected chi connectivity index (χ2v) is 4.44. The first-order valence-electron chi connectivity index (χ1n) is 5.90. The highest BCUT2D eigenvalue weighted by Gasteiger charge is 2.05. The Morgan fingerprint density at radius 1 is 1.18 bits per heavy atom. The topological polar surface area (TPSA) is 35.5 Å². The summed E-state index contributed by atoms with van der Waals surface area (Å²) in [5.74, 6) is 2.18. The van der Waals surface area contributed by atoms with Gasteiger partial charge in [-0.3, -0.25) is 4.79 Å². The number of benzene rings is 1. The summed E-state index contributed by atoms with van der Waals surface area (Å²) in [4.78, 5) is 11.5. The van der Waals surface area contributed by atoms with Crippen molar-refractivity contribution in [1.82, 2.24) is 0 Å². The normalized spacial score (nSPS) is 10.4. The predicted octanol–water partition coefficient (Wildman–Crippen LogP) is 3.08. The van der Waals surface area contributed by atoms with Crippen molar-refractivity contribution in [3.8, 4) is 11.5 Å². The fourth-order valence-electron chi connectivity index (χ4n) is 1.36. The van der Waals surface area contributed by atoms with Crippen LogP contribution in [-0.4, -0.2) is 19.5 Å². The van der Waals surface area contributed by atoms with Gasteiger partial charge in [0.1, 0.15) is 18.1 Å². The van der Waals surface area contributed by atoms with Crippen LogP contribution < -0.4 is 9.47 Å². The number of hydrogen-bond acceptors (Lipinski definition) is 3. The van der Waals surface area contributed by atoms with Gasteiger partial charge in [-0.05, 0) is 36.6 Å². The highest BCUT2D eigenvalue weighted by molar-refractivity contribution is 5.79. The monoisotopic (exact) mass is 236 g/mol. The first-order chi connectivity index (χ1) is 8.11. The van der Waals surface area contributed by atoms with Crippen LogP contribution in [0.1, 0.15) is 26.7 Å². The summed E-state index contributed by atoms with van der Waals surface area (Å²) in [5.41, 5.74) is 0.